The molecule has 2 aromatic carbocycles. The molecule has 0 spiro atoms. The van der Waals surface area contributed by atoms with Crippen LogP contribution in [0.3, 0.4) is 0 Å². The monoisotopic (exact) mass is 294 g/mol. The van der Waals surface area contributed by atoms with Crippen molar-refractivity contribution in [3.8, 4) is 11.3 Å². The summed E-state index contributed by atoms with van der Waals surface area (Å²) in [6, 6.07) is 13.1. The molecule has 4 rings (SSSR count). The number of pyridine rings is 1. The van der Waals surface area contributed by atoms with Crippen LogP contribution < -0.4 is 5.32 Å². The lowest BCUT2D eigenvalue weighted by atomic mass is 10.1. The molecule has 4 heteroatoms. The number of rotatable bonds is 1. The molecular formula is C17H11ClN2O. The summed E-state index contributed by atoms with van der Waals surface area (Å²) in [7, 11) is 1.82. The molecule has 3 nitrogen and oxygen atoms in total. The Balaban J connectivity index is 2.17. The molecule has 0 unspecified atom stereocenters. The largest absolute Gasteiger partial charge is 0.387 e. The number of ketones is 1. The zero-order valence-corrected chi connectivity index (χ0v) is 12.0. The first-order valence-corrected chi connectivity index (χ1v) is 7.03. The molecule has 102 valence electrons. The number of carbonyl (C=O) groups excluding carboxylic acids is 1. The zero-order chi connectivity index (χ0) is 14.6. The van der Waals surface area contributed by atoms with Gasteiger partial charge in [-0.05, 0) is 18.2 Å². The van der Waals surface area contributed by atoms with Crippen molar-refractivity contribution in [3.05, 3.63) is 58.6 Å². The Morgan fingerprint density at radius 1 is 1.10 bits per heavy atom. The van der Waals surface area contributed by atoms with Gasteiger partial charge in [0.1, 0.15) is 0 Å². The molecule has 1 aliphatic carbocycles. The van der Waals surface area contributed by atoms with E-state index in [0.29, 0.717) is 16.1 Å². The smallest absolute Gasteiger partial charge is 0.198 e. The van der Waals surface area contributed by atoms with Crippen LogP contribution in [0.25, 0.3) is 22.2 Å². The summed E-state index contributed by atoms with van der Waals surface area (Å²) in [6.07, 6.45) is 0. The standard InChI is InChI=1S/C17H11ClN2O/c1-19-15-12-7-6-9(18)8-13(12)20-16-10-4-2-3-5-11(10)17(21)14(15)16/h2-8H,1H3,(H,19,20). The molecule has 0 saturated heterocycles. The average molecular weight is 295 g/mol. The van der Waals surface area contributed by atoms with Crippen LogP contribution in [0.1, 0.15) is 15.9 Å². The van der Waals surface area contributed by atoms with E-state index in [-0.39, 0.29) is 5.78 Å². The van der Waals surface area contributed by atoms with E-state index >= 15 is 0 Å². The Morgan fingerprint density at radius 2 is 1.86 bits per heavy atom. The molecule has 0 fully saturated rings. The molecule has 0 aliphatic heterocycles. The minimum atomic E-state index is 0.0225. The second-order valence-electron chi connectivity index (χ2n) is 5.00. The van der Waals surface area contributed by atoms with Crippen molar-refractivity contribution < 1.29 is 4.79 Å². The molecule has 3 aromatic rings. The summed E-state index contributed by atoms with van der Waals surface area (Å²) in [5, 5.41) is 4.69. The van der Waals surface area contributed by atoms with Crippen molar-refractivity contribution in [1.82, 2.24) is 4.98 Å². The van der Waals surface area contributed by atoms with E-state index in [1.54, 1.807) is 0 Å². The van der Waals surface area contributed by atoms with Crippen molar-refractivity contribution in [1.29, 1.82) is 0 Å². The normalized spacial score (nSPS) is 12.4. The van der Waals surface area contributed by atoms with E-state index in [1.807, 2.05) is 49.5 Å². The highest BCUT2D eigenvalue weighted by Gasteiger charge is 2.31. The molecule has 0 bridgehead atoms. The third-order valence-corrected chi connectivity index (χ3v) is 4.09. The van der Waals surface area contributed by atoms with Crippen molar-refractivity contribution in [2.24, 2.45) is 0 Å². The number of aromatic nitrogens is 1. The number of nitrogens with zero attached hydrogens (tertiary/aromatic N) is 1. The fraction of sp³-hybridized carbons (Fsp3) is 0.0588. The Morgan fingerprint density at radius 3 is 2.62 bits per heavy atom. The predicted molar refractivity (Wildman–Crippen MR) is 85.2 cm³/mol. The maximum absolute atomic E-state index is 12.7. The Hall–Kier alpha value is -2.39. The fourth-order valence-electron chi connectivity index (χ4n) is 2.94. The third-order valence-electron chi connectivity index (χ3n) is 3.85. The molecule has 1 aliphatic rings. The number of carbonyl (C=O) groups is 1. The van der Waals surface area contributed by atoms with Gasteiger partial charge in [0.05, 0.1) is 22.5 Å². The topological polar surface area (TPSA) is 42.0 Å². The van der Waals surface area contributed by atoms with Crippen LogP contribution >= 0.6 is 11.6 Å². The summed E-state index contributed by atoms with van der Waals surface area (Å²) >= 11 is 6.07. The minimum Gasteiger partial charge on any atom is -0.387 e. The first-order valence-electron chi connectivity index (χ1n) is 6.66. The zero-order valence-electron chi connectivity index (χ0n) is 11.3. The van der Waals surface area contributed by atoms with E-state index in [4.69, 9.17) is 11.6 Å². The van der Waals surface area contributed by atoms with E-state index in [1.165, 1.54) is 0 Å². The van der Waals surface area contributed by atoms with Gasteiger partial charge in [0.25, 0.3) is 0 Å². The van der Waals surface area contributed by atoms with E-state index in [2.05, 4.69) is 10.3 Å². The number of hydrogen-bond donors (Lipinski definition) is 1. The van der Waals surface area contributed by atoms with Crippen LogP contribution in [0.4, 0.5) is 5.69 Å². The molecule has 0 atom stereocenters. The van der Waals surface area contributed by atoms with Gasteiger partial charge in [-0.1, -0.05) is 35.9 Å². The first kappa shape index (κ1) is 12.4. The van der Waals surface area contributed by atoms with Gasteiger partial charge in [-0.15, -0.1) is 0 Å². The lowest BCUT2D eigenvalue weighted by Gasteiger charge is -2.11. The second kappa shape index (κ2) is 4.30. The Bertz CT molecular complexity index is 918. The van der Waals surface area contributed by atoms with E-state index in [9.17, 15) is 4.79 Å². The lowest BCUT2D eigenvalue weighted by molar-refractivity contribution is 0.104. The highest BCUT2D eigenvalue weighted by atomic mass is 35.5. The SMILES string of the molecule is CNc1c2c(nc3cc(Cl)ccc13)-c1ccccc1C2=O. The fourth-order valence-corrected chi connectivity index (χ4v) is 3.10. The highest BCUT2D eigenvalue weighted by molar-refractivity contribution is 6.32. The maximum atomic E-state index is 12.7. The van der Waals surface area contributed by atoms with E-state index < -0.39 is 0 Å². The number of anilines is 1. The first-order chi connectivity index (χ1) is 10.2. The second-order valence-corrected chi connectivity index (χ2v) is 5.43. The number of benzene rings is 2. The average Bonchev–Trinajstić information content (AvgIpc) is 2.78. The highest BCUT2D eigenvalue weighted by Crippen LogP contribution is 2.42. The van der Waals surface area contributed by atoms with Crippen molar-refractivity contribution in [2.75, 3.05) is 12.4 Å². The summed E-state index contributed by atoms with van der Waals surface area (Å²) in [6.45, 7) is 0. The molecule has 1 aromatic heterocycles. The number of nitrogens with one attached hydrogen (secondary N) is 1. The summed E-state index contributed by atoms with van der Waals surface area (Å²) < 4.78 is 0. The van der Waals surface area contributed by atoms with Crippen LogP contribution in [0.2, 0.25) is 5.02 Å². The Labute approximate surface area is 126 Å². The van der Waals surface area contributed by atoms with Gasteiger partial charge in [-0.3, -0.25) is 4.79 Å². The number of hydrogen-bond acceptors (Lipinski definition) is 3. The number of halogens is 1. The van der Waals surface area contributed by atoms with Gasteiger partial charge in [-0.2, -0.15) is 0 Å². The van der Waals surface area contributed by atoms with Gasteiger partial charge in [0.15, 0.2) is 5.78 Å². The lowest BCUT2D eigenvalue weighted by Crippen LogP contribution is -2.03. The number of fused-ring (bicyclic) bond motifs is 4. The van der Waals surface area contributed by atoms with Crippen molar-refractivity contribution in [2.45, 2.75) is 0 Å². The van der Waals surface area contributed by atoms with Gasteiger partial charge in [0.2, 0.25) is 0 Å². The molecule has 0 amide bonds. The van der Waals surface area contributed by atoms with E-state index in [0.717, 1.165) is 27.8 Å². The van der Waals surface area contributed by atoms with Gasteiger partial charge < -0.3 is 5.32 Å². The maximum Gasteiger partial charge on any atom is 0.198 e. The van der Waals surface area contributed by atoms with Crippen molar-refractivity contribution in [3.63, 3.8) is 0 Å². The summed E-state index contributed by atoms with van der Waals surface area (Å²) in [5.41, 5.74) is 4.57. The van der Waals surface area contributed by atoms with Gasteiger partial charge >= 0.3 is 0 Å². The molecular weight excluding hydrogens is 284 g/mol. The van der Waals surface area contributed by atoms with Crippen LogP contribution in [-0.4, -0.2) is 17.8 Å². The van der Waals surface area contributed by atoms with Crippen LogP contribution in [0, 0.1) is 0 Å². The van der Waals surface area contributed by atoms with Crippen LogP contribution in [0.15, 0.2) is 42.5 Å². The molecule has 21 heavy (non-hydrogen) atoms. The van der Waals surface area contributed by atoms with Gasteiger partial charge in [0, 0.05) is 28.6 Å². The van der Waals surface area contributed by atoms with Crippen LogP contribution in [0.5, 0.6) is 0 Å². The quantitative estimate of drug-likeness (QED) is 0.573. The molecule has 1 heterocycles. The third kappa shape index (κ3) is 1.61. The molecule has 0 radical (unpaired) electrons. The predicted octanol–water partition coefficient (Wildman–Crippen LogP) is 4.14. The Kier molecular flexibility index (Phi) is 2.53. The van der Waals surface area contributed by atoms with Crippen molar-refractivity contribution >= 4 is 34.0 Å². The summed E-state index contributed by atoms with van der Waals surface area (Å²) in [5.74, 6) is 0.0225. The summed E-state index contributed by atoms with van der Waals surface area (Å²) in [4.78, 5) is 17.3. The van der Waals surface area contributed by atoms with Crippen LogP contribution in [-0.2, 0) is 0 Å². The molecule has 1 N–H and O–H groups in total. The van der Waals surface area contributed by atoms with Gasteiger partial charge in [-0.25, -0.2) is 4.98 Å². The minimum absolute atomic E-state index is 0.0225. The molecule has 0 saturated carbocycles.